The number of fused-ring (bicyclic) bond motifs is 1. The van der Waals surface area contributed by atoms with Gasteiger partial charge >= 0.3 is 5.69 Å². The minimum Gasteiger partial charge on any atom is -0.357 e. The number of pyridine rings is 1. The van der Waals surface area contributed by atoms with Crippen molar-refractivity contribution in [2.75, 3.05) is 17.2 Å². The molecule has 0 unspecified atom stereocenters. The van der Waals surface area contributed by atoms with Crippen LogP contribution in [-0.4, -0.2) is 22.3 Å². The number of aryl methyl sites for hydroxylation is 1. The normalized spacial score (nSPS) is 17.9. The van der Waals surface area contributed by atoms with Crippen LogP contribution in [0.4, 0.5) is 21.7 Å². The molecule has 2 N–H and O–H groups in total. The van der Waals surface area contributed by atoms with Gasteiger partial charge in [-0.3, -0.25) is 15.1 Å². The molecule has 27 heavy (non-hydrogen) atoms. The fourth-order valence-electron chi connectivity index (χ4n) is 3.40. The molecule has 138 valence electrons. The highest BCUT2D eigenvalue weighted by Gasteiger charge is 2.26. The Bertz CT molecular complexity index is 986. The second kappa shape index (κ2) is 6.79. The number of nitrogens with one attached hydrogen (secondary N) is 2. The predicted molar refractivity (Wildman–Crippen MR) is 102 cm³/mol. The van der Waals surface area contributed by atoms with Gasteiger partial charge in [0.15, 0.2) is 0 Å². The Morgan fingerprint density at radius 1 is 1.30 bits per heavy atom. The number of anilines is 2. The zero-order valence-electron chi connectivity index (χ0n) is 14.7. The third-order valence-electron chi connectivity index (χ3n) is 4.71. The average Bonchev–Trinajstić information content (AvgIpc) is 3.21. The van der Waals surface area contributed by atoms with E-state index >= 15 is 0 Å². The first kappa shape index (κ1) is 17.1. The van der Waals surface area contributed by atoms with Gasteiger partial charge in [-0.25, -0.2) is 9.37 Å². The van der Waals surface area contributed by atoms with Crippen molar-refractivity contribution in [3.05, 3.63) is 69.0 Å². The number of amidine groups is 1. The third kappa shape index (κ3) is 3.51. The quantitative estimate of drug-likeness (QED) is 0.629. The van der Waals surface area contributed by atoms with Gasteiger partial charge in [0.2, 0.25) is 5.82 Å². The van der Waals surface area contributed by atoms with Crippen molar-refractivity contribution < 1.29 is 9.31 Å². The molecule has 4 rings (SSSR count). The summed E-state index contributed by atoms with van der Waals surface area (Å²) < 4.78 is 13.6. The van der Waals surface area contributed by atoms with Crippen LogP contribution in [0, 0.1) is 15.9 Å². The van der Waals surface area contributed by atoms with Crippen LogP contribution in [-0.2, 0) is 6.42 Å². The maximum atomic E-state index is 13.6. The monoisotopic (exact) mass is 367 g/mol. The second-order valence-corrected chi connectivity index (χ2v) is 6.72. The summed E-state index contributed by atoms with van der Waals surface area (Å²) in [4.78, 5) is 19.6. The molecular weight excluding hydrogens is 349 g/mol. The van der Waals surface area contributed by atoms with Gasteiger partial charge in [0, 0.05) is 6.07 Å². The lowest BCUT2D eigenvalue weighted by Crippen LogP contribution is -2.13. The van der Waals surface area contributed by atoms with Crippen molar-refractivity contribution in [2.24, 2.45) is 4.99 Å². The fourth-order valence-corrected chi connectivity index (χ4v) is 3.40. The Hall–Kier alpha value is -3.29. The molecule has 0 amide bonds. The van der Waals surface area contributed by atoms with Crippen LogP contribution in [0.1, 0.15) is 30.5 Å². The first-order valence-corrected chi connectivity index (χ1v) is 8.68. The molecule has 8 heteroatoms. The highest BCUT2D eigenvalue weighted by atomic mass is 19.1. The number of hydrogen-bond acceptors (Lipinski definition) is 6. The van der Waals surface area contributed by atoms with E-state index in [1.165, 1.54) is 18.2 Å². The Morgan fingerprint density at radius 3 is 2.89 bits per heavy atom. The molecule has 1 aromatic carbocycles. The lowest BCUT2D eigenvalue weighted by molar-refractivity contribution is -0.384. The molecule has 1 aliphatic carbocycles. The summed E-state index contributed by atoms with van der Waals surface area (Å²) in [5.74, 6) is 0.978. The van der Waals surface area contributed by atoms with E-state index in [4.69, 9.17) is 0 Å². The maximum absolute atomic E-state index is 13.6. The first-order chi connectivity index (χ1) is 13.0. The lowest BCUT2D eigenvalue weighted by atomic mass is 10.1. The topological polar surface area (TPSA) is 92.5 Å². The first-order valence-electron chi connectivity index (χ1n) is 8.68. The number of benzene rings is 1. The van der Waals surface area contributed by atoms with Crippen molar-refractivity contribution >= 4 is 23.2 Å². The van der Waals surface area contributed by atoms with Gasteiger partial charge < -0.3 is 10.6 Å². The molecule has 0 spiro atoms. The molecule has 0 saturated carbocycles. The molecule has 0 fully saturated rings. The zero-order chi connectivity index (χ0) is 19.0. The van der Waals surface area contributed by atoms with Crippen LogP contribution >= 0.6 is 0 Å². The average molecular weight is 367 g/mol. The fraction of sp³-hybridized carbons (Fsp3) is 0.263. The number of rotatable bonds is 4. The van der Waals surface area contributed by atoms with Crippen molar-refractivity contribution in [1.82, 2.24) is 4.98 Å². The summed E-state index contributed by atoms with van der Waals surface area (Å²) in [5.41, 5.74) is 2.88. The molecule has 1 atom stereocenters. The number of nitrogens with zero attached hydrogens (tertiary/aromatic N) is 3. The largest absolute Gasteiger partial charge is 0.357 e. The molecule has 1 aliphatic heterocycles. The summed E-state index contributed by atoms with van der Waals surface area (Å²) >= 11 is 0. The van der Waals surface area contributed by atoms with E-state index in [9.17, 15) is 14.5 Å². The van der Waals surface area contributed by atoms with Gasteiger partial charge in [0.1, 0.15) is 17.5 Å². The molecule has 2 heterocycles. The van der Waals surface area contributed by atoms with Crippen LogP contribution in [0.5, 0.6) is 0 Å². The summed E-state index contributed by atoms with van der Waals surface area (Å²) in [7, 11) is 0. The smallest absolute Gasteiger partial charge is 0.311 e. The van der Waals surface area contributed by atoms with E-state index in [0.717, 1.165) is 29.5 Å². The Labute approximate surface area is 155 Å². The van der Waals surface area contributed by atoms with Gasteiger partial charge in [-0.05, 0) is 60.7 Å². The second-order valence-electron chi connectivity index (χ2n) is 6.72. The summed E-state index contributed by atoms with van der Waals surface area (Å²) in [6, 6.07) is 7.42. The minimum atomic E-state index is -0.475. The Balaban J connectivity index is 1.62. The van der Waals surface area contributed by atoms with E-state index in [1.807, 2.05) is 13.0 Å². The zero-order valence-corrected chi connectivity index (χ0v) is 14.7. The highest BCUT2D eigenvalue weighted by molar-refractivity contribution is 6.05. The van der Waals surface area contributed by atoms with E-state index in [1.54, 1.807) is 12.1 Å². The molecular formula is C19H18FN5O2. The van der Waals surface area contributed by atoms with E-state index in [0.29, 0.717) is 18.2 Å². The highest BCUT2D eigenvalue weighted by Crippen LogP contribution is 2.36. The minimum absolute atomic E-state index is 0.120. The van der Waals surface area contributed by atoms with Crippen LogP contribution in [0.3, 0.4) is 0 Å². The van der Waals surface area contributed by atoms with Crippen LogP contribution in [0.15, 0.2) is 47.0 Å². The summed E-state index contributed by atoms with van der Waals surface area (Å²) in [6.45, 7) is 2.61. The van der Waals surface area contributed by atoms with Gasteiger partial charge in [-0.2, -0.15) is 0 Å². The predicted octanol–water partition coefficient (Wildman–Crippen LogP) is 4.00. The number of halogens is 1. The number of aromatic nitrogens is 1. The van der Waals surface area contributed by atoms with Gasteiger partial charge in [-0.1, -0.05) is 6.07 Å². The third-order valence-corrected chi connectivity index (χ3v) is 4.71. The van der Waals surface area contributed by atoms with Crippen LogP contribution in [0.25, 0.3) is 0 Å². The number of nitro groups is 1. The molecule has 1 aromatic heterocycles. The van der Waals surface area contributed by atoms with Crippen LogP contribution < -0.4 is 10.6 Å². The van der Waals surface area contributed by atoms with Crippen molar-refractivity contribution in [2.45, 2.75) is 25.8 Å². The van der Waals surface area contributed by atoms with Gasteiger partial charge in [0.25, 0.3) is 0 Å². The molecule has 2 aromatic rings. The molecule has 0 radical (unpaired) electrons. The number of aliphatic imine (C=N–C) groups is 1. The van der Waals surface area contributed by atoms with E-state index in [-0.39, 0.29) is 23.4 Å². The summed E-state index contributed by atoms with van der Waals surface area (Å²) in [5, 5.41) is 17.6. The van der Waals surface area contributed by atoms with Gasteiger partial charge in [0.05, 0.1) is 17.5 Å². The molecule has 7 nitrogen and oxygen atoms in total. The van der Waals surface area contributed by atoms with E-state index in [2.05, 4.69) is 20.6 Å². The Kier molecular flexibility index (Phi) is 4.31. The standard InChI is InChI=1S/C19H18FN5O2/c1-11-8-18(21-10-11)23-17-7-6-16(25(26)27)19(24-17)22-15-5-3-12-2-4-13(20)9-14(12)15/h2,4,6-9,15H,3,5,10H2,1H3,(H2,21,22,23,24)/t15-/m1/s1. The van der Waals surface area contributed by atoms with Crippen molar-refractivity contribution in [1.29, 1.82) is 0 Å². The number of hydrogen-bond donors (Lipinski definition) is 2. The van der Waals surface area contributed by atoms with Crippen molar-refractivity contribution in [3.8, 4) is 0 Å². The van der Waals surface area contributed by atoms with Crippen LogP contribution in [0.2, 0.25) is 0 Å². The Morgan fingerprint density at radius 2 is 2.15 bits per heavy atom. The van der Waals surface area contributed by atoms with E-state index < -0.39 is 4.92 Å². The lowest BCUT2D eigenvalue weighted by Gasteiger charge is -2.16. The SMILES string of the molecule is CC1=CC(Nc2ccc([N+](=O)[O-])c(N[C@@H]3CCc4ccc(F)cc43)n2)=NC1. The molecule has 2 aliphatic rings. The van der Waals surface area contributed by atoms with Crippen molar-refractivity contribution in [3.63, 3.8) is 0 Å². The maximum Gasteiger partial charge on any atom is 0.311 e. The molecule has 0 saturated heterocycles. The molecule has 0 bridgehead atoms. The van der Waals surface area contributed by atoms with Gasteiger partial charge in [-0.15, -0.1) is 0 Å². The summed E-state index contributed by atoms with van der Waals surface area (Å²) in [6.07, 6.45) is 3.43.